The molecule has 0 amide bonds. The van der Waals surface area contributed by atoms with Gasteiger partial charge in [-0.15, -0.1) is 0 Å². The predicted octanol–water partition coefficient (Wildman–Crippen LogP) is 6.22. The number of aromatic nitrogens is 3. The van der Waals surface area contributed by atoms with Gasteiger partial charge < -0.3 is 4.57 Å². The molecule has 0 saturated carbocycles. The van der Waals surface area contributed by atoms with Crippen molar-refractivity contribution in [3.05, 3.63) is 64.8 Å². The molecule has 0 N–H and O–H groups in total. The molecule has 0 bridgehead atoms. The summed E-state index contributed by atoms with van der Waals surface area (Å²) in [4.78, 5) is 22.1. The molecule has 0 radical (unpaired) electrons. The summed E-state index contributed by atoms with van der Waals surface area (Å²) in [5.74, 6) is 1.28. The van der Waals surface area contributed by atoms with Crippen LogP contribution in [0.3, 0.4) is 0 Å². The van der Waals surface area contributed by atoms with Crippen molar-refractivity contribution in [2.24, 2.45) is 0 Å². The number of thioether (sulfide) groups is 1. The zero-order chi connectivity index (χ0) is 21.1. The minimum atomic E-state index is 0.163. The highest BCUT2D eigenvalue weighted by molar-refractivity contribution is 8.00. The number of allylic oxidation sites excluding steroid dienone is 2. The zero-order valence-electron chi connectivity index (χ0n) is 18.1. The second-order valence-electron chi connectivity index (χ2n) is 8.10. The van der Waals surface area contributed by atoms with Crippen LogP contribution in [0.4, 0.5) is 0 Å². The molecule has 156 valence electrons. The number of carbonyl (C=O) groups is 1. The number of benzene rings is 1. The first kappa shape index (κ1) is 20.9. The van der Waals surface area contributed by atoms with Crippen molar-refractivity contribution in [2.75, 3.05) is 5.75 Å². The standard InChI is InChI=1S/C25H29N3OS/c1-17-15-22(18(2)28(17)14-13-20-9-5-4-6-10-20)24(29)16-30-25-21-11-7-8-12-23(21)26-19(3)27-25/h7-9,11-12,15H,4-6,10,13-14,16H2,1-3H3. The van der Waals surface area contributed by atoms with Gasteiger partial charge in [-0.05, 0) is 65.0 Å². The smallest absolute Gasteiger partial charge is 0.174 e. The number of ketones is 1. The minimum absolute atomic E-state index is 0.163. The van der Waals surface area contributed by atoms with Crippen LogP contribution in [-0.4, -0.2) is 26.1 Å². The van der Waals surface area contributed by atoms with Gasteiger partial charge in [0.05, 0.1) is 11.3 Å². The van der Waals surface area contributed by atoms with E-state index in [1.54, 1.807) is 5.57 Å². The molecule has 2 aromatic heterocycles. The first-order valence-corrected chi connectivity index (χ1v) is 11.8. The molecule has 0 unspecified atom stereocenters. The fraction of sp³-hybridized carbons (Fsp3) is 0.400. The van der Waals surface area contributed by atoms with Crippen molar-refractivity contribution >= 4 is 28.4 Å². The van der Waals surface area contributed by atoms with E-state index in [0.717, 1.165) is 46.0 Å². The molecule has 1 aliphatic rings. The maximum absolute atomic E-state index is 13.0. The SMILES string of the molecule is Cc1nc(SCC(=O)c2cc(C)n(CCC3=CCCCC3)c2C)c2ccccc2n1. The Morgan fingerprint density at radius 2 is 1.97 bits per heavy atom. The second-order valence-corrected chi connectivity index (χ2v) is 9.06. The molecule has 4 nitrogen and oxygen atoms in total. The lowest BCUT2D eigenvalue weighted by atomic mass is 9.97. The lowest BCUT2D eigenvalue weighted by Crippen LogP contribution is -2.08. The van der Waals surface area contributed by atoms with Crippen LogP contribution in [0.25, 0.3) is 10.9 Å². The van der Waals surface area contributed by atoms with Crippen molar-refractivity contribution in [3.8, 4) is 0 Å². The van der Waals surface area contributed by atoms with Gasteiger partial charge >= 0.3 is 0 Å². The van der Waals surface area contributed by atoms with Gasteiger partial charge in [0.2, 0.25) is 0 Å². The fourth-order valence-electron chi connectivity index (χ4n) is 4.29. The largest absolute Gasteiger partial charge is 0.348 e. The molecule has 0 fully saturated rings. The topological polar surface area (TPSA) is 47.8 Å². The molecular formula is C25H29N3OS. The monoisotopic (exact) mass is 419 g/mol. The van der Waals surface area contributed by atoms with Gasteiger partial charge in [0.25, 0.3) is 0 Å². The third-order valence-corrected chi connectivity index (χ3v) is 6.93. The zero-order valence-corrected chi connectivity index (χ0v) is 18.9. The summed E-state index contributed by atoms with van der Waals surface area (Å²) in [6.07, 6.45) is 8.58. The van der Waals surface area contributed by atoms with Crippen LogP contribution < -0.4 is 0 Å². The van der Waals surface area contributed by atoms with Gasteiger partial charge in [0, 0.05) is 28.9 Å². The Labute approximate surface area is 182 Å². The van der Waals surface area contributed by atoms with Crippen LogP contribution in [0.1, 0.15) is 59.7 Å². The van der Waals surface area contributed by atoms with Crippen molar-refractivity contribution in [1.82, 2.24) is 14.5 Å². The number of para-hydroxylation sites is 1. The summed E-state index contributed by atoms with van der Waals surface area (Å²) in [6.45, 7) is 7.03. The Balaban J connectivity index is 1.47. The average molecular weight is 420 g/mol. The van der Waals surface area contributed by atoms with E-state index in [1.807, 2.05) is 31.2 Å². The molecule has 30 heavy (non-hydrogen) atoms. The number of nitrogens with zero attached hydrogens (tertiary/aromatic N) is 3. The third-order valence-electron chi connectivity index (χ3n) is 5.94. The fourth-order valence-corrected chi connectivity index (χ4v) is 5.24. The summed E-state index contributed by atoms with van der Waals surface area (Å²) in [5, 5.41) is 1.89. The van der Waals surface area contributed by atoms with E-state index in [4.69, 9.17) is 0 Å². The van der Waals surface area contributed by atoms with E-state index < -0.39 is 0 Å². The highest BCUT2D eigenvalue weighted by atomic mass is 32.2. The molecule has 0 spiro atoms. The predicted molar refractivity (Wildman–Crippen MR) is 124 cm³/mol. The van der Waals surface area contributed by atoms with E-state index >= 15 is 0 Å². The third kappa shape index (κ3) is 4.51. The van der Waals surface area contributed by atoms with Crippen LogP contribution in [-0.2, 0) is 6.54 Å². The van der Waals surface area contributed by atoms with Gasteiger partial charge in [-0.25, -0.2) is 9.97 Å². The summed E-state index contributed by atoms with van der Waals surface area (Å²) in [5.41, 5.74) is 5.59. The number of hydrogen-bond acceptors (Lipinski definition) is 4. The van der Waals surface area contributed by atoms with Gasteiger partial charge in [-0.2, -0.15) is 0 Å². The van der Waals surface area contributed by atoms with Crippen LogP contribution >= 0.6 is 11.8 Å². The lowest BCUT2D eigenvalue weighted by molar-refractivity contribution is 0.102. The maximum Gasteiger partial charge on any atom is 0.174 e. The molecule has 5 heteroatoms. The van der Waals surface area contributed by atoms with Crippen LogP contribution in [0.15, 0.2) is 47.0 Å². The molecule has 0 atom stereocenters. The summed E-state index contributed by atoms with van der Waals surface area (Å²) in [7, 11) is 0. The van der Waals surface area contributed by atoms with Crippen LogP contribution in [0.5, 0.6) is 0 Å². The molecule has 3 aromatic rings. The van der Waals surface area contributed by atoms with Gasteiger partial charge in [-0.3, -0.25) is 4.79 Å². The highest BCUT2D eigenvalue weighted by Gasteiger charge is 2.17. The molecule has 2 heterocycles. The minimum Gasteiger partial charge on any atom is -0.348 e. The molecule has 0 aliphatic heterocycles. The lowest BCUT2D eigenvalue weighted by Gasteiger charge is -2.15. The first-order valence-electron chi connectivity index (χ1n) is 10.8. The molecule has 0 saturated heterocycles. The second kappa shape index (κ2) is 9.17. The van der Waals surface area contributed by atoms with E-state index in [9.17, 15) is 4.79 Å². The summed E-state index contributed by atoms with van der Waals surface area (Å²) in [6, 6.07) is 10.0. The van der Waals surface area contributed by atoms with E-state index in [2.05, 4.69) is 40.5 Å². The molecular weight excluding hydrogens is 390 g/mol. The number of hydrogen-bond donors (Lipinski definition) is 0. The van der Waals surface area contributed by atoms with Crippen molar-refractivity contribution in [3.63, 3.8) is 0 Å². The van der Waals surface area contributed by atoms with E-state index in [-0.39, 0.29) is 5.78 Å². The average Bonchev–Trinajstić information content (AvgIpc) is 3.04. The van der Waals surface area contributed by atoms with Gasteiger partial charge in [0.1, 0.15) is 10.9 Å². The van der Waals surface area contributed by atoms with Crippen LogP contribution in [0, 0.1) is 20.8 Å². The Bertz CT molecular complexity index is 1110. The number of Topliss-reactive ketones (excluding diaryl/α,β-unsaturated/α-hetero) is 1. The summed E-state index contributed by atoms with van der Waals surface area (Å²) >= 11 is 1.51. The Kier molecular flexibility index (Phi) is 6.38. The first-order chi connectivity index (χ1) is 14.5. The van der Waals surface area contributed by atoms with E-state index in [0.29, 0.717) is 5.75 Å². The Hall–Kier alpha value is -2.40. The number of fused-ring (bicyclic) bond motifs is 1. The summed E-state index contributed by atoms with van der Waals surface area (Å²) < 4.78 is 2.30. The molecule has 4 rings (SSSR count). The number of aryl methyl sites for hydroxylation is 2. The van der Waals surface area contributed by atoms with Gasteiger partial charge in [-0.1, -0.05) is 41.6 Å². The van der Waals surface area contributed by atoms with Crippen molar-refractivity contribution in [1.29, 1.82) is 0 Å². The van der Waals surface area contributed by atoms with Crippen LogP contribution in [0.2, 0.25) is 0 Å². The van der Waals surface area contributed by atoms with Crippen molar-refractivity contribution < 1.29 is 4.79 Å². The molecule has 1 aliphatic carbocycles. The Morgan fingerprint density at radius 1 is 1.13 bits per heavy atom. The van der Waals surface area contributed by atoms with E-state index in [1.165, 1.54) is 43.1 Å². The molecule has 1 aromatic carbocycles. The quantitative estimate of drug-likeness (QED) is 0.197. The Morgan fingerprint density at radius 3 is 2.77 bits per heavy atom. The van der Waals surface area contributed by atoms with Gasteiger partial charge in [0.15, 0.2) is 5.78 Å². The normalized spacial score (nSPS) is 14.2. The van der Waals surface area contributed by atoms with Crippen molar-refractivity contribution in [2.45, 2.75) is 64.4 Å². The number of carbonyl (C=O) groups excluding carboxylic acids is 1. The number of rotatable bonds is 7. The maximum atomic E-state index is 13.0. The highest BCUT2D eigenvalue weighted by Crippen LogP contribution is 2.27.